The van der Waals surface area contributed by atoms with Crippen LogP contribution in [0.2, 0.25) is 5.02 Å². The van der Waals surface area contributed by atoms with E-state index in [1.54, 1.807) is 18.2 Å². The van der Waals surface area contributed by atoms with E-state index in [0.717, 1.165) is 11.1 Å². The summed E-state index contributed by atoms with van der Waals surface area (Å²) in [4.78, 5) is 23.9. The van der Waals surface area contributed by atoms with Crippen LogP contribution < -0.4 is 15.4 Å². The number of methoxy groups -OCH3 is 1. The summed E-state index contributed by atoms with van der Waals surface area (Å²) < 4.78 is 5.03. The van der Waals surface area contributed by atoms with Crippen molar-refractivity contribution in [2.75, 3.05) is 17.7 Å². The predicted molar refractivity (Wildman–Crippen MR) is 91.2 cm³/mol. The van der Waals surface area contributed by atoms with Crippen molar-refractivity contribution < 1.29 is 14.3 Å². The minimum atomic E-state index is -0.772. The Morgan fingerprint density at radius 3 is 2.30 bits per heavy atom. The number of hydrogen-bond acceptors (Lipinski definition) is 3. The molecule has 2 N–H and O–H groups in total. The molecule has 0 aliphatic carbocycles. The van der Waals surface area contributed by atoms with E-state index in [2.05, 4.69) is 10.6 Å². The average molecular weight is 333 g/mol. The van der Waals surface area contributed by atoms with Gasteiger partial charge < -0.3 is 15.4 Å². The van der Waals surface area contributed by atoms with E-state index >= 15 is 0 Å². The number of halogens is 1. The monoisotopic (exact) mass is 332 g/mol. The maximum atomic E-state index is 12.0. The number of aryl methyl sites for hydroxylation is 2. The van der Waals surface area contributed by atoms with E-state index in [1.165, 1.54) is 13.2 Å². The number of benzene rings is 2. The van der Waals surface area contributed by atoms with Crippen LogP contribution in [-0.2, 0) is 9.59 Å². The summed E-state index contributed by atoms with van der Waals surface area (Å²) in [5.74, 6) is -1.03. The summed E-state index contributed by atoms with van der Waals surface area (Å²) in [7, 11) is 1.50. The highest BCUT2D eigenvalue weighted by molar-refractivity contribution is 6.43. The lowest BCUT2D eigenvalue weighted by Crippen LogP contribution is -2.29. The number of ether oxygens (including phenoxy) is 1. The van der Waals surface area contributed by atoms with Gasteiger partial charge in [0.2, 0.25) is 0 Å². The highest BCUT2D eigenvalue weighted by Gasteiger charge is 2.15. The first-order chi connectivity index (χ1) is 10.9. The topological polar surface area (TPSA) is 67.4 Å². The van der Waals surface area contributed by atoms with Gasteiger partial charge in [-0.05, 0) is 43.7 Å². The summed E-state index contributed by atoms with van der Waals surface area (Å²) in [5, 5.41) is 5.43. The first kappa shape index (κ1) is 16.8. The minimum absolute atomic E-state index is 0.347. The number of amides is 2. The molecule has 0 aliphatic heterocycles. The molecule has 0 heterocycles. The molecule has 2 aromatic rings. The molecule has 120 valence electrons. The summed E-state index contributed by atoms with van der Waals surface area (Å²) in [6.45, 7) is 3.82. The average Bonchev–Trinajstić information content (AvgIpc) is 2.50. The van der Waals surface area contributed by atoms with Crippen LogP contribution in [0.25, 0.3) is 0 Å². The van der Waals surface area contributed by atoms with Crippen molar-refractivity contribution in [1.82, 2.24) is 0 Å². The molecule has 2 aromatic carbocycles. The quantitative estimate of drug-likeness (QED) is 0.845. The van der Waals surface area contributed by atoms with Gasteiger partial charge >= 0.3 is 11.8 Å². The van der Waals surface area contributed by atoms with Crippen molar-refractivity contribution in [3.05, 3.63) is 52.5 Å². The third-order valence-corrected chi connectivity index (χ3v) is 3.54. The Kier molecular flexibility index (Phi) is 5.24. The van der Waals surface area contributed by atoms with Gasteiger partial charge in [0, 0.05) is 11.4 Å². The normalized spacial score (nSPS) is 10.1. The Morgan fingerprint density at radius 2 is 1.70 bits per heavy atom. The molecule has 2 rings (SSSR count). The van der Waals surface area contributed by atoms with Gasteiger partial charge in [0.15, 0.2) is 0 Å². The van der Waals surface area contributed by atoms with Gasteiger partial charge in [-0.3, -0.25) is 9.59 Å². The summed E-state index contributed by atoms with van der Waals surface area (Å²) in [6.07, 6.45) is 0. The first-order valence-corrected chi connectivity index (χ1v) is 7.31. The largest absolute Gasteiger partial charge is 0.495 e. The lowest BCUT2D eigenvalue weighted by Gasteiger charge is -2.10. The van der Waals surface area contributed by atoms with E-state index < -0.39 is 11.8 Å². The van der Waals surface area contributed by atoms with Crippen LogP contribution in [0.5, 0.6) is 5.75 Å². The SMILES string of the molecule is COc1ccc(NC(=O)C(=O)Nc2ccc(C)cc2C)cc1Cl. The smallest absolute Gasteiger partial charge is 0.314 e. The molecular weight excluding hydrogens is 316 g/mol. The Morgan fingerprint density at radius 1 is 1.00 bits per heavy atom. The molecule has 0 atom stereocenters. The minimum Gasteiger partial charge on any atom is -0.495 e. The Balaban J connectivity index is 2.05. The van der Waals surface area contributed by atoms with E-state index in [0.29, 0.717) is 22.1 Å². The molecular formula is C17H17ClN2O3. The fourth-order valence-corrected chi connectivity index (χ4v) is 2.32. The van der Waals surface area contributed by atoms with Gasteiger partial charge in [0.1, 0.15) is 5.75 Å². The molecule has 0 radical (unpaired) electrons. The van der Waals surface area contributed by atoms with Crippen LogP contribution in [0, 0.1) is 13.8 Å². The van der Waals surface area contributed by atoms with E-state index in [-0.39, 0.29) is 0 Å². The standard InChI is InChI=1S/C17H17ClN2O3/c1-10-4-6-14(11(2)8-10)20-17(22)16(21)19-12-5-7-15(23-3)13(18)9-12/h4-9H,1-3H3,(H,19,21)(H,20,22). The molecule has 6 heteroatoms. The van der Waals surface area contributed by atoms with Crippen molar-refractivity contribution in [3.63, 3.8) is 0 Å². The molecule has 0 spiro atoms. The second-order valence-electron chi connectivity index (χ2n) is 5.08. The Hall–Kier alpha value is -2.53. The molecule has 2 amide bonds. The van der Waals surface area contributed by atoms with Gasteiger partial charge in [-0.2, -0.15) is 0 Å². The van der Waals surface area contributed by atoms with Crippen LogP contribution in [0.15, 0.2) is 36.4 Å². The molecule has 0 aliphatic rings. The fraction of sp³-hybridized carbons (Fsp3) is 0.176. The van der Waals surface area contributed by atoms with Gasteiger partial charge in [-0.15, -0.1) is 0 Å². The van der Waals surface area contributed by atoms with Crippen molar-refractivity contribution in [1.29, 1.82) is 0 Å². The number of nitrogens with one attached hydrogen (secondary N) is 2. The molecule has 0 fully saturated rings. The molecule has 0 unspecified atom stereocenters. The maximum Gasteiger partial charge on any atom is 0.314 e. The van der Waals surface area contributed by atoms with E-state index in [9.17, 15) is 9.59 Å². The highest BCUT2D eigenvalue weighted by Crippen LogP contribution is 2.27. The van der Waals surface area contributed by atoms with Gasteiger partial charge in [0.05, 0.1) is 12.1 Å². The van der Waals surface area contributed by atoms with Crippen molar-refractivity contribution in [2.45, 2.75) is 13.8 Å². The van der Waals surface area contributed by atoms with Crippen LogP contribution >= 0.6 is 11.6 Å². The third kappa shape index (κ3) is 4.23. The van der Waals surface area contributed by atoms with Crippen molar-refractivity contribution in [2.24, 2.45) is 0 Å². The molecule has 0 saturated carbocycles. The third-order valence-electron chi connectivity index (χ3n) is 3.25. The fourth-order valence-electron chi connectivity index (χ4n) is 2.06. The zero-order valence-corrected chi connectivity index (χ0v) is 13.8. The van der Waals surface area contributed by atoms with Crippen LogP contribution in [0.1, 0.15) is 11.1 Å². The second kappa shape index (κ2) is 7.15. The van der Waals surface area contributed by atoms with Crippen LogP contribution in [0.3, 0.4) is 0 Å². The summed E-state index contributed by atoms with van der Waals surface area (Å²) >= 11 is 5.98. The number of hydrogen-bond donors (Lipinski definition) is 2. The second-order valence-corrected chi connectivity index (χ2v) is 5.48. The van der Waals surface area contributed by atoms with Gasteiger partial charge in [0.25, 0.3) is 0 Å². The van der Waals surface area contributed by atoms with Crippen LogP contribution in [0.4, 0.5) is 11.4 Å². The van der Waals surface area contributed by atoms with E-state index in [4.69, 9.17) is 16.3 Å². The summed E-state index contributed by atoms with van der Waals surface area (Å²) in [5.41, 5.74) is 2.98. The lowest BCUT2D eigenvalue weighted by molar-refractivity contribution is -0.133. The van der Waals surface area contributed by atoms with Crippen LogP contribution in [-0.4, -0.2) is 18.9 Å². The highest BCUT2D eigenvalue weighted by atomic mass is 35.5. The number of carbonyl (C=O) groups is 2. The predicted octanol–water partition coefficient (Wildman–Crippen LogP) is 3.54. The molecule has 23 heavy (non-hydrogen) atoms. The Labute approximate surface area is 139 Å². The zero-order chi connectivity index (χ0) is 17.0. The molecule has 5 nitrogen and oxygen atoms in total. The Bertz CT molecular complexity index is 759. The number of anilines is 2. The molecule has 0 aromatic heterocycles. The van der Waals surface area contributed by atoms with Crippen molar-refractivity contribution >= 4 is 34.8 Å². The maximum absolute atomic E-state index is 12.0. The zero-order valence-electron chi connectivity index (χ0n) is 13.1. The van der Waals surface area contributed by atoms with E-state index in [1.807, 2.05) is 26.0 Å². The molecule has 0 bridgehead atoms. The number of carbonyl (C=O) groups excluding carboxylic acids is 2. The van der Waals surface area contributed by atoms with Gasteiger partial charge in [-0.1, -0.05) is 29.3 Å². The van der Waals surface area contributed by atoms with Gasteiger partial charge in [-0.25, -0.2) is 0 Å². The summed E-state index contributed by atoms with van der Waals surface area (Å²) in [6, 6.07) is 10.3. The van der Waals surface area contributed by atoms with Crippen molar-refractivity contribution in [3.8, 4) is 5.75 Å². The number of rotatable bonds is 3. The first-order valence-electron chi connectivity index (χ1n) is 6.94. The molecule has 0 saturated heterocycles. The lowest BCUT2D eigenvalue weighted by atomic mass is 10.1.